The van der Waals surface area contributed by atoms with E-state index in [1.807, 2.05) is 49.5 Å². The molecule has 158 valence electrons. The molecular formula is C24H31N5O. The van der Waals surface area contributed by atoms with Crippen LogP contribution in [-0.2, 0) is 4.79 Å². The predicted octanol–water partition coefficient (Wildman–Crippen LogP) is 3.95. The van der Waals surface area contributed by atoms with Crippen molar-refractivity contribution < 1.29 is 4.79 Å². The first kappa shape index (κ1) is 20.5. The Kier molecular flexibility index (Phi) is 6.43. The highest BCUT2D eigenvalue weighted by Crippen LogP contribution is 2.28. The summed E-state index contributed by atoms with van der Waals surface area (Å²) < 4.78 is 2.09. The second kappa shape index (κ2) is 9.39. The van der Waals surface area contributed by atoms with Crippen molar-refractivity contribution in [2.45, 2.75) is 57.5 Å². The van der Waals surface area contributed by atoms with Gasteiger partial charge in [0.15, 0.2) is 5.65 Å². The maximum atomic E-state index is 13.0. The summed E-state index contributed by atoms with van der Waals surface area (Å²) in [5.74, 6) is 1.53. The first-order valence-corrected chi connectivity index (χ1v) is 11.1. The summed E-state index contributed by atoms with van der Waals surface area (Å²) in [6.07, 6.45) is 6.00. The van der Waals surface area contributed by atoms with Crippen molar-refractivity contribution in [3.63, 3.8) is 0 Å². The van der Waals surface area contributed by atoms with Crippen molar-refractivity contribution in [1.82, 2.24) is 24.8 Å². The minimum absolute atomic E-state index is 0.0750. The molecule has 4 rings (SSSR count). The molecule has 1 amide bonds. The Hall–Kier alpha value is -2.73. The number of rotatable bonds is 7. The minimum atomic E-state index is -0.135. The second-order valence-electron chi connectivity index (χ2n) is 8.23. The van der Waals surface area contributed by atoms with E-state index >= 15 is 0 Å². The van der Waals surface area contributed by atoms with Gasteiger partial charge >= 0.3 is 0 Å². The van der Waals surface area contributed by atoms with Crippen molar-refractivity contribution in [3.05, 3.63) is 66.1 Å². The molecule has 6 heteroatoms. The number of hydrogen-bond donors (Lipinski definition) is 1. The molecule has 0 aliphatic carbocycles. The molecule has 1 aromatic carbocycles. The summed E-state index contributed by atoms with van der Waals surface area (Å²) in [6, 6.07) is 16.2. The third-order valence-corrected chi connectivity index (χ3v) is 6.26. The highest BCUT2D eigenvalue weighted by Gasteiger charge is 2.30. The largest absolute Gasteiger partial charge is 0.348 e. The third-order valence-electron chi connectivity index (χ3n) is 6.26. The van der Waals surface area contributed by atoms with E-state index in [-0.39, 0.29) is 18.0 Å². The van der Waals surface area contributed by atoms with Crippen LogP contribution < -0.4 is 5.32 Å². The Bertz CT molecular complexity index is 962. The smallest absolute Gasteiger partial charge is 0.237 e. The van der Waals surface area contributed by atoms with Gasteiger partial charge in [0.1, 0.15) is 5.82 Å². The fraction of sp³-hybridized carbons (Fsp3) is 0.458. The molecular weight excluding hydrogens is 374 g/mol. The van der Waals surface area contributed by atoms with Crippen molar-refractivity contribution in [2.75, 3.05) is 13.1 Å². The van der Waals surface area contributed by atoms with Crippen LogP contribution in [0.4, 0.5) is 0 Å². The van der Waals surface area contributed by atoms with Gasteiger partial charge in [0, 0.05) is 12.1 Å². The fourth-order valence-electron chi connectivity index (χ4n) is 4.44. The van der Waals surface area contributed by atoms with Gasteiger partial charge in [-0.15, -0.1) is 10.2 Å². The summed E-state index contributed by atoms with van der Waals surface area (Å²) in [6.45, 7) is 5.97. The molecule has 0 spiro atoms. The van der Waals surface area contributed by atoms with Gasteiger partial charge in [-0.05, 0) is 57.0 Å². The Labute approximate surface area is 178 Å². The molecule has 30 heavy (non-hydrogen) atoms. The molecule has 2 unspecified atom stereocenters. The number of likely N-dealkylation sites (tertiary alicyclic amines) is 1. The second-order valence-corrected chi connectivity index (χ2v) is 8.23. The van der Waals surface area contributed by atoms with Gasteiger partial charge in [0.25, 0.3) is 0 Å². The number of carbonyl (C=O) groups is 1. The normalized spacial score (nSPS) is 17.7. The van der Waals surface area contributed by atoms with Gasteiger partial charge in [-0.3, -0.25) is 14.1 Å². The van der Waals surface area contributed by atoms with Gasteiger partial charge in [0.2, 0.25) is 5.91 Å². The Balaban J connectivity index is 1.36. The first-order valence-electron chi connectivity index (χ1n) is 11.1. The van der Waals surface area contributed by atoms with Crippen molar-refractivity contribution in [3.8, 4) is 0 Å². The lowest BCUT2D eigenvalue weighted by Gasteiger charge is -2.35. The summed E-state index contributed by atoms with van der Waals surface area (Å²) in [4.78, 5) is 15.3. The molecule has 1 N–H and O–H groups in total. The lowest BCUT2D eigenvalue weighted by Crippen LogP contribution is -2.48. The molecule has 1 aliphatic rings. The van der Waals surface area contributed by atoms with Crippen LogP contribution in [0.1, 0.15) is 62.9 Å². The predicted molar refractivity (Wildman–Crippen MR) is 118 cm³/mol. The van der Waals surface area contributed by atoms with Crippen LogP contribution in [0.3, 0.4) is 0 Å². The average molecular weight is 406 g/mol. The molecule has 0 radical (unpaired) electrons. The number of amides is 1. The Morgan fingerprint density at radius 3 is 2.57 bits per heavy atom. The number of piperidine rings is 1. The van der Waals surface area contributed by atoms with E-state index in [4.69, 9.17) is 0 Å². The number of nitrogens with zero attached hydrogens (tertiary/aromatic N) is 4. The van der Waals surface area contributed by atoms with E-state index in [1.165, 1.54) is 5.56 Å². The highest BCUT2D eigenvalue weighted by atomic mass is 16.2. The zero-order valence-corrected chi connectivity index (χ0v) is 17.9. The van der Waals surface area contributed by atoms with E-state index in [2.05, 4.69) is 43.9 Å². The van der Waals surface area contributed by atoms with E-state index in [1.54, 1.807) is 0 Å². The lowest BCUT2D eigenvalue weighted by molar-refractivity contribution is -0.127. The van der Waals surface area contributed by atoms with Gasteiger partial charge in [-0.2, -0.15) is 0 Å². The molecule has 3 aromatic rings. The quantitative estimate of drug-likeness (QED) is 0.646. The summed E-state index contributed by atoms with van der Waals surface area (Å²) in [5.41, 5.74) is 2.07. The number of nitrogens with one attached hydrogen (secondary N) is 1. The summed E-state index contributed by atoms with van der Waals surface area (Å²) in [7, 11) is 0. The van der Waals surface area contributed by atoms with Crippen LogP contribution in [0.15, 0.2) is 54.7 Å². The van der Waals surface area contributed by atoms with Gasteiger partial charge < -0.3 is 5.32 Å². The fourth-order valence-corrected chi connectivity index (χ4v) is 4.44. The number of pyridine rings is 1. The highest BCUT2D eigenvalue weighted by molar-refractivity contribution is 5.81. The van der Waals surface area contributed by atoms with Gasteiger partial charge in [-0.1, -0.05) is 49.7 Å². The van der Waals surface area contributed by atoms with E-state index < -0.39 is 0 Å². The van der Waals surface area contributed by atoms with Crippen LogP contribution >= 0.6 is 0 Å². The molecule has 3 heterocycles. The van der Waals surface area contributed by atoms with Crippen LogP contribution in [-0.4, -0.2) is 44.5 Å². The minimum Gasteiger partial charge on any atom is -0.348 e. The summed E-state index contributed by atoms with van der Waals surface area (Å²) >= 11 is 0. The van der Waals surface area contributed by atoms with Gasteiger partial charge in [0.05, 0.1) is 12.1 Å². The molecule has 6 nitrogen and oxygen atoms in total. The van der Waals surface area contributed by atoms with Crippen LogP contribution in [0.25, 0.3) is 5.65 Å². The molecule has 1 saturated heterocycles. The number of carbonyl (C=O) groups excluding carboxylic acids is 1. The maximum Gasteiger partial charge on any atom is 0.237 e. The molecule has 1 aliphatic heterocycles. The standard InChI is InChI=1S/C24H31N5O/c1-3-9-21(19-10-5-4-6-11-19)25-24(30)18(2)28-16-13-20(14-17-28)23-27-26-22-12-7-8-15-29(22)23/h4-8,10-12,15,18,20-21H,3,9,13-14,16-17H2,1-2H3,(H,25,30). The molecule has 2 atom stereocenters. The Morgan fingerprint density at radius 1 is 1.10 bits per heavy atom. The lowest BCUT2D eigenvalue weighted by atomic mass is 9.94. The number of benzene rings is 1. The monoisotopic (exact) mass is 405 g/mol. The van der Waals surface area contributed by atoms with Crippen molar-refractivity contribution in [1.29, 1.82) is 0 Å². The molecule has 0 saturated carbocycles. The zero-order chi connectivity index (χ0) is 20.9. The van der Waals surface area contributed by atoms with Crippen LogP contribution in [0, 0.1) is 0 Å². The zero-order valence-electron chi connectivity index (χ0n) is 17.9. The van der Waals surface area contributed by atoms with Crippen LogP contribution in [0.2, 0.25) is 0 Å². The number of hydrogen-bond acceptors (Lipinski definition) is 4. The van der Waals surface area contributed by atoms with Crippen molar-refractivity contribution in [2.24, 2.45) is 0 Å². The topological polar surface area (TPSA) is 62.5 Å². The SMILES string of the molecule is CCCC(NC(=O)C(C)N1CCC(c2nnc3ccccn23)CC1)c1ccccc1. The van der Waals surface area contributed by atoms with E-state index in [9.17, 15) is 4.79 Å². The molecule has 2 aromatic heterocycles. The maximum absolute atomic E-state index is 13.0. The van der Waals surface area contributed by atoms with Crippen LogP contribution in [0.5, 0.6) is 0 Å². The van der Waals surface area contributed by atoms with E-state index in [0.717, 1.165) is 50.2 Å². The first-order chi connectivity index (χ1) is 14.7. The van der Waals surface area contributed by atoms with Gasteiger partial charge in [-0.25, -0.2) is 0 Å². The molecule has 1 fully saturated rings. The van der Waals surface area contributed by atoms with Crippen molar-refractivity contribution >= 4 is 11.6 Å². The number of fused-ring (bicyclic) bond motifs is 1. The molecule has 0 bridgehead atoms. The average Bonchev–Trinajstić information content (AvgIpc) is 3.23. The third kappa shape index (κ3) is 4.38. The van der Waals surface area contributed by atoms with E-state index in [0.29, 0.717) is 5.92 Å². The summed E-state index contributed by atoms with van der Waals surface area (Å²) in [5, 5.41) is 12.0. The Morgan fingerprint density at radius 2 is 1.83 bits per heavy atom. The number of aromatic nitrogens is 3.